The zero-order valence-electron chi connectivity index (χ0n) is 15.8. The Bertz CT molecular complexity index is 314. The van der Waals surface area contributed by atoms with Gasteiger partial charge in [-0.15, -0.1) is 0 Å². The summed E-state index contributed by atoms with van der Waals surface area (Å²) in [5, 5.41) is 0. The number of rotatable bonds is 10. The Morgan fingerprint density at radius 2 is 1.62 bits per heavy atom. The highest BCUT2D eigenvalue weighted by Crippen LogP contribution is 2.21. The van der Waals surface area contributed by atoms with Crippen LogP contribution in [0, 0.1) is 11.8 Å². The molecule has 0 saturated carbocycles. The third kappa shape index (κ3) is 8.05. The van der Waals surface area contributed by atoms with Crippen molar-refractivity contribution in [2.75, 3.05) is 52.5 Å². The molecule has 5 heteroatoms. The number of hydrogen-bond donors (Lipinski definition) is 1. The quantitative estimate of drug-likeness (QED) is 0.367. The van der Waals surface area contributed by atoms with Crippen molar-refractivity contribution in [1.82, 2.24) is 9.80 Å². The summed E-state index contributed by atoms with van der Waals surface area (Å²) in [6, 6.07) is 0. The molecular formula is C19H38N2O2S. The molecule has 0 amide bonds. The van der Waals surface area contributed by atoms with E-state index in [0.717, 1.165) is 44.4 Å². The fourth-order valence-corrected chi connectivity index (χ4v) is 4.06. The number of hydrogen-bond acceptors (Lipinski definition) is 5. The largest absolute Gasteiger partial charge is 0.380 e. The number of thiol groups is 1. The van der Waals surface area contributed by atoms with Gasteiger partial charge in [0.2, 0.25) is 0 Å². The highest BCUT2D eigenvalue weighted by atomic mass is 32.1. The van der Waals surface area contributed by atoms with E-state index in [0.29, 0.717) is 6.10 Å². The van der Waals surface area contributed by atoms with E-state index in [2.05, 4.69) is 36.6 Å². The Morgan fingerprint density at radius 1 is 0.958 bits per heavy atom. The van der Waals surface area contributed by atoms with Crippen molar-refractivity contribution < 1.29 is 8.92 Å². The van der Waals surface area contributed by atoms with Crippen LogP contribution in [0.1, 0.15) is 52.4 Å². The van der Waals surface area contributed by atoms with Crippen molar-refractivity contribution in [2.24, 2.45) is 11.8 Å². The highest BCUT2D eigenvalue weighted by molar-refractivity contribution is 7.75. The summed E-state index contributed by atoms with van der Waals surface area (Å²) in [4.78, 5) is 5.21. The normalized spacial score (nSPS) is 22.5. The van der Waals surface area contributed by atoms with Crippen LogP contribution in [0.15, 0.2) is 0 Å². The van der Waals surface area contributed by atoms with Gasteiger partial charge < -0.3 is 18.7 Å². The molecule has 142 valence electrons. The van der Waals surface area contributed by atoms with Gasteiger partial charge in [0.05, 0.1) is 12.7 Å². The molecule has 2 fully saturated rings. The third-order valence-electron chi connectivity index (χ3n) is 5.53. The minimum absolute atomic E-state index is 0.368. The van der Waals surface area contributed by atoms with Crippen molar-refractivity contribution >= 4 is 12.9 Å². The van der Waals surface area contributed by atoms with Crippen LogP contribution >= 0.6 is 12.9 Å². The summed E-state index contributed by atoms with van der Waals surface area (Å²) >= 11 is 3.96. The molecule has 0 unspecified atom stereocenters. The molecule has 2 rings (SSSR count). The van der Waals surface area contributed by atoms with E-state index >= 15 is 0 Å². The standard InChI is InChI=1S/C19H38N2O2S/c1-17(2)4-3-14-22-15-13-20-9-5-18(6-10-20)16-21-11-7-19(23-24)8-12-21/h17-19,24H,3-16H2,1-2H3. The Morgan fingerprint density at radius 3 is 2.25 bits per heavy atom. The fraction of sp³-hybridized carbons (Fsp3) is 1.00. The number of ether oxygens (including phenoxy) is 1. The van der Waals surface area contributed by atoms with Crippen molar-refractivity contribution in [3.05, 3.63) is 0 Å². The second-order valence-corrected chi connectivity index (χ2v) is 8.25. The molecule has 0 atom stereocenters. The lowest BCUT2D eigenvalue weighted by molar-refractivity contribution is 0.0692. The van der Waals surface area contributed by atoms with Crippen LogP contribution in [0.3, 0.4) is 0 Å². The molecule has 0 spiro atoms. The maximum atomic E-state index is 5.79. The Balaban J connectivity index is 1.48. The average Bonchev–Trinajstić information content (AvgIpc) is 2.60. The Kier molecular flexibility index (Phi) is 10.0. The fourth-order valence-electron chi connectivity index (χ4n) is 3.84. The summed E-state index contributed by atoms with van der Waals surface area (Å²) in [5.41, 5.74) is 0. The molecule has 4 nitrogen and oxygen atoms in total. The van der Waals surface area contributed by atoms with Crippen LogP contribution in [0.5, 0.6) is 0 Å². The van der Waals surface area contributed by atoms with Gasteiger partial charge in [0.1, 0.15) is 0 Å². The van der Waals surface area contributed by atoms with Gasteiger partial charge in [-0.3, -0.25) is 0 Å². The summed E-state index contributed by atoms with van der Waals surface area (Å²) in [6.45, 7) is 13.6. The first-order chi connectivity index (χ1) is 11.7. The van der Waals surface area contributed by atoms with Gasteiger partial charge in [-0.25, -0.2) is 0 Å². The van der Waals surface area contributed by atoms with Gasteiger partial charge in [0.15, 0.2) is 0 Å². The smallest absolute Gasteiger partial charge is 0.0743 e. The first-order valence-corrected chi connectivity index (χ1v) is 10.4. The van der Waals surface area contributed by atoms with E-state index in [9.17, 15) is 0 Å². The summed E-state index contributed by atoms with van der Waals surface area (Å²) < 4.78 is 11.0. The van der Waals surface area contributed by atoms with Crippen LogP contribution in [0.25, 0.3) is 0 Å². The lowest BCUT2D eigenvalue weighted by Crippen LogP contribution is -2.43. The zero-order valence-corrected chi connectivity index (χ0v) is 16.7. The second kappa shape index (κ2) is 11.7. The molecule has 2 aliphatic heterocycles. The molecule has 2 aliphatic rings. The number of piperidine rings is 2. The van der Waals surface area contributed by atoms with Crippen molar-refractivity contribution in [2.45, 2.75) is 58.5 Å². The van der Waals surface area contributed by atoms with E-state index in [-0.39, 0.29) is 0 Å². The van der Waals surface area contributed by atoms with E-state index < -0.39 is 0 Å². The minimum Gasteiger partial charge on any atom is -0.380 e. The average molecular weight is 359 g/mol. The maximum absolute atomic E-state index is 5.79. The molecular weight excluding hydrogens is 320 g/mol. The van der Waals surface area contributed by atoms with Crippen LogP contribution in [0.2, 0.25) is 0 Å². The van der Waals surface area contributed by atoms with Gasteiger partial charge >= 0.3 is 0 Å². The Hall–Kier alpha value is 0.190. The molecule has 0 aromatic rings. The summed E-state index contributed by atoms with van der Waals surface area (Å²) in [5.74, 6) is 1.67. The van der Waals surface area contributed by atoms with Crippen LogP contribution in [-0.2, 0) is 8.92 Å². The molecule has 2 saturated heterocycles. The first-order valence-electron chi connectivity index (χ1n) is 10.00. The third-order valence-corrected chi connectivity index (χ3v) is 5.83. The predicted molar refractivity (Wildman–Crippen MR) is 104 cm³/mol. The van der Waals surface area contributed by atoms with Crippen molar-refractivity contribution in [3.63, 3.8) is 0 Å². The number of nitrogens with zero attached hydrogens (tertiary/aromatic N) is 2. The Labute approximate surface area is 154 Å². The van der Waals surface area contributed by atoms with Crippen LogP contribution in [0.4, 0.5) is 0 Å². The van der Waals surface area contributed by atoms with Crippen molar-refractivity contribution in [3.8, 4) is 0 Å². The lowest BCUT2D eigenvalue weighted by atomic mass is 9.95. The van der Waals surface area contributed by atoms with E-state index in [1.807, 2.05) is 0 Å². The molecule has 0 aromatic heterocycles. The molecule has 0 aromatic carbocycles. The van der Waals surface area contributed by atoms with E-state index in [1.54, 1.807) is 0 Å². The topological polar surface area (TPSA) is 24.9 Å². The predicted octanol–water partition coefficient (Wildman–Crippen LogP) is 3.48. The molecule has 0 bridgehead atoms. The molecule has 24 heavy (non-hydrogen) atoms. The van der Waals surface area contributed by atoms with E-state index in [4.69, 9.17) is 8.92 Å². The minimum atomic E-state index is 0.368. The lowest BCUT2D eigenvalue weighted by Gasteiger charge is -2.37. The summed E-state index contributed by atoms with van der Waals surface area (Å²) in [6.07, 6.45) is 7.81. The van der Waals surface area contributed by atoms with Gasteiger partial charge in [-0.1, -0.05) is 13.8 Å². The summed E-state index contributed by atoms with van der Waals surface area (Å²) in [7, 11) is 0. The van der Waals surface area contributed by atoms with E-state index in [1.165, 1.54) is 58.4 Å². The molecule has 2 heterocycles. The van der Waals surface area contributed by atoms with Gasteiger partial charge in [0, 0.05) is 32.8 Å². The maximum Gasteiger partial charge on any atom is 0.0743 e. The first kappa shape index (κ1) is 20.5. The monoisotopic (exact) mass is 358 g/mol. The van der Waals surface area contributed by atoms with Gasteiger partial charge in [-0.2, -0.15) is 0 Å². The van der Waals surface area contributed by atoms with Crippen LogP contribution < -0.4 is 0 Å². The second-order valence-electron chi connectivity index (χ2n) is 8.04. The molecule has 0 aliphatic carbocycles. The SMILES string of the molecule is CC(C)CCCOCCN1CCC(CN2CCC(OS)CC2)CC1. The number of likely N-dealkylation sites (tertiary alicyclic amines) is 2. The highest BCUT2D eigenvalue weighted by Gasteiger charge is 2.24. The van der Waals surface area contributed by atoms with Crippen molar-refractivity contribution in [1.29, 1.82) is 0 Å². The molecule has 0 N–H and O–H groups in total. The van der Waals surface area contributed by atoms with Crippen LogP contribution in [-0.4, -0.2) is 68.4 Å². The zero-order chi connectivity index (χ0) is 17.2. The molecule has 0 radical (unpaired) electrons. The van der Waals surface area contributed by atoms with Gasteiger partial charge in [-0.05, 0) is 76.4 Å². The van der Waals surface area contributed by atoms with Gasteiger partial charge in [0.25, 0.3) is 0 Å².